The van der Waals surface area contributed by atoms with Crippen molar-refractivity contribution in [1.82, 2.24) is 0 Å². The van der Waals surface area contributed by atoms with Crippen molar-refractivity contribution in [2.24, 2.45) is 0 Å². The van der Waals surface area contributed by atoms with Crippen LogP contribution in [-0.4, -0.2) is 110 Å². The molecule has 3 aromatic rings. The van der Waals surface area contributed by atoms with Crippen molar-refractivity contribution in [3.05, 3.63) is 40.6 Å². The first-order chi connectivity index (χ1) is 21.7. The number of carbonyl (C=O) groups excluding carboxylic acids is 1. The van der Waals surface area contributed by atoms with Crippen molar-refractivity contribution in [1.29, 1.82) is 0 Å². The van der Waals surface area contributed by atoms with Crippen LogP contribution in [0.2, 0.25) is 0 Å². The number of methoxy groups -OCH3 is 1. The van der Waals surface area contributed by atoms with Gasteiger partial charge in [0.1, 0.15) is 53.0 Å². The summed E-state index contributed by atoms with van der Waals surface area (Å²) in [6.07, 6.45) is -14.5. The number of aliphatic hydroxyl groups is 5. The van der Waals surface area contributed by atoms with Gasteiger partial charge >= 0.3 is 5.97 Å². The zero-order valence-electron chi connectivity index (χ0n) is 25.0. The Morgan fingerprint density at radius 3 is 2.13 bits per heavy atom. The van der Waals surface area contributed by atoms with Gasteiger partial charge in [-0.3, -0.25) is 9.59 Å². The molecule has 3 heterocycles. The quantitative estimate of drug-likeness (QED) is 0.165. The predicted molar refractivity (Wildman–Crippen MR) is 153 cm³/mol. The predicted octanol–water partition coefficient (Wildman–Crippen LogP) is -0.137. The summed E-state index contributed by atoms with van der Waals surface area (Å²) in [4.78, 5) is 25.4. The number of rotatable bonds is 7. The number of fused-ring (bicyclic) bond motifs is 1. The SMILES string of the molecule is COc1cc(-c2oc3cc(OC4OC(C)C(O)C(O)C4O)cc(O)c3c(=O)c2OC2OC(C)C(OC(C)=O)C(O)C2O)ccc1O. The molecule has 16 nitrogen and oxygen atoms in total. The molecule has 250 valence electrons. The molecule has 2 aliphatic heterocycles. The Bertz CT molecular complexity index is 1650. The summed E-state index contributed by atoms with van der Waals surface area (Å²) in [6, 6.07) is 6.15. The second-order valence-electron chi connectivity index (χ2n) is 11.0. The zero-order valence-corrected chi connectivity index (χ0v) is 25.0. The number of phenolic OH excluding ortho intramolecular Hbond substituents is 2. The molecule has 10 atom stereocenters. The van der Waals surface area contributed by atoms with Crippen LogP contribution in [0, 0.1) is 0 Å². The van der Waals surface area contributed by atoms with E-state index in [1.165, 1.54) is 45.2 Å². The van der Waals surface area contributed by atoms with Crippen molar-refractivity contribution in [3.8, 4) is 40.1 Å². The largest absolute Gasteiger partial charge is 0.507 e. The van der Waals surface area contributed by atoms with Crippen LogP contribution in [0.25, 0.3) is 22.3 Å². The van der Waals surface area contributed by atoms with E-state index in [-0.39, 0.29) is 34.2 Å². The van der Waals surface area contributed by atoms with Gasteiger partial charge in [-0.2, -0.15) is 0 Å². The van der Waals surface area contributed by atoms with E-state index < -0.39 is 89.7 Å². The van der Waals surface area contributed by atoms with E-state index in [1.807, 2.05) is 0 Å². The van der Waals surface area contributed by atoms with Gasteiger partial charge in [-0.05, 0) is 32.0 Å². The van der Waals surface area contributed by atoms with Gasteiger partial charge in [0.25, 0.3) is 0 Å². The Labute approximate surface area is 260 Å². The molecule has 5 rings (SSSR count). The summed E-state index contributed by atoms with van der Waals surface area (Å²) in [7, 11) is 1.29. The maximum atomic E-state index is 13.9. The Balaban J connectivity index is 1.59. The molecule has 1 aromatic heterocycles. The number of aromatic hydroxyl groups is 2. The molecule has 0 radical (unpaired) electrons. The molecule has 0 spiro atoms. The minimum Gasteiger partial charge on any atom is -0.507 e. The first kappa shape index (κ1) is 33.2. The minimum atomic E-state index is -1.82. The fourth-order valence-electron chi connectivity index (χ4n) is 5.26. The van der Waals surface area contributed by atoms with Crippen LogP contribution < -0.4 is 19.6 Å². The molecule has 2 aromatic carbocycles. The highest BCUT2D eigenvalue weighted by Gasteiger charge is 2.47. The molecule has 0 aliphatic carbocycles. The normalized spacial score (nSPS) is 31.3. The lowest BCUT2D eigenvalue weighted by molar-refractivity contribution is -0.272. The second-order valence-corrected chi connectivity index (χ2v) is 11.0. The molecule has 10 unspecified atom stereocenters. The molecule has 16 heteroatoms. The number of ether oxygens (including phenoxy) is 6. The third kappa shape index (κ3) is 6.15. The number of benzene rings is 2. The third-order valence-electron chi connectivity index (χ3n) is 7.72. The average molecular weight is 651 g/mol. The van der Waals surface area contributed by atoms with E-state index in [2.05, 4.69) is 0 Å². The highest BCUT2D eigenvalue weighted by atomic mass is 16.7. The van der Waals surface area contributed by atoms with Crippen LogP contribution in [0.4, 0.5) is 0 Å². The van der Waals surface area contributed by atoms with Crippen molar-refractivity contribution >= 4 is 16.9 Å². The number of hydrogen-bond acceptors (Lipinski definition) is 16. The van der Waals surface area contributed by atoms with Gasteiger partial charge in [0.05, 0.1) is 19.3 Å². The average Bonchev–Trinajstić information content (AvgIpc) is 3.00. The lowest BCUT2D eigenvalue weighted by Crippen LogP contribution is -2.59. The lowest BCUT2D eigenvalue weighted by Gasteiger charge is -2.40. The molecule has 2 fully saturated rings. The molecule has 0 bridgehead atoms. The topological polar surface area (TPSA) is 244 Å². The number of hydrogen-bond donors (Lipinski definition) is 7. The van der Waals surface area contributed by atoms with Gasteiger partial charge in [0.2, 0.25) is 23.8 Å². The Morgan fingerprint density at radius 2 is 1.46 bits per heavy atom. The maximum Gasteiger partial charge on any atom is 0.303 e. The van der Waals surface area contributed by atoms with Crippen LogP contribution in [0.5, 0.6) is 28.7 Å². The van der Waals surface area contributed by atoms with E-state index in [0.29, 0.717) is 0 Å². The summed E-state index contributed by atoms with van der Waals surface area (Å²) in [6.45, 7) is 4.03. The minimum absolute atomic E-state index is 0.00774. The second kappa shape index (κ2) is 12.9. The van der Waals surface area contributed by atoms with Crippen molar-refractivity contribution < 1.29 is 73.4 Å². The highest BCUT2D eigenvalue weighted by Crippen LogP contribution is 2.40. The zero-order chi connectivity index (χ0) is 33.6. The fraction of sp³-hybridized carbons (Fsp3) is 0.467. The summed E-state index contributed by atoms with van der Waals surface area (Å²) in [5, 5.41) is 72.6. The monoisotopic (exact) mass is 650 g/mol. The Hall–Kier alpha value is -4.16. The van der Waals surface area contributed by atoms with Gasteiger partial charge in [0.15, 0.2) is 23.4 Å². The van der Waals surface area contributed by atoms with E-state index >= 15 is 0 Å². The molecule has 7 N–H and O–H groups in total. The summed E-state index contributed by atoms with van der Waals surface area (Å²) in [5.41, 5.74) is -1.07. The van der Waals surface area contributed by atoms with Crippen LogP contribution in [0.15, 0.2) is 39.5 Å². The first-order valence-corrected chi connectivity index (χ1v) is 14.1. The smallest absolute Gasteiger partial charge is 0.303 e. The molecular weight excluding hydrogens is 616 g/mol. The number of carbonyl (C=O) groups is 1. The highest BCUT2D eigenvalue weighted by molar-refractivity contribution is 5.88. The van der Waals surface area contributed by atoms with E-state index in [0.717, 1.165) is 13.0 Å². The first-order valence-electron chi connectivity index (χ1n) is 14.1. The maximum absolute atomic E-state index is 13.9. The lowest BCUT2D eigenvalue weighted by atomic mass is 9.99. The number of esters is 1. The van der Waals surface area contributed by atoms with E-state index in [9.17, 15) is 45.3 Å². The van der Waals surface area contributed by atoms with E-state index in [1.54, 1.807) is 0 Å². The van der Waals surface area contributed by atoms with Gasteiger partial charge in [-0.1, -0.05) is 0 Å². The molecule has 2 saturated heterocycles. The Morgan fingerprint density at radius 1 is 0.804 bits per heavy atom. The standard InChI is InChI=1S/C30H34O16/c1-10-20(34)22(36)24(38)29(41-10)44-14-8-16(33)19-18(9-14)45-27(13-5-6-15(32)17(7-13)40-4)28(21(19)35)46-30-25(39)23(37)26(11(2)42-30)43-12(3)31/h5-11,20,22-26,29-30,32-34,36-39H,1-4H3. The van der Waals surface area contributed by atoms with Crippen LogP contribution in [-0.2, 0) is 19.0 Å². The third-order valence-corrected chi connectivity index (χ3v) is 7.72. The molecule has 2 aliphatic rings. The summed E-state index contributed by atoms with van der Waals surface area (Å²) < 4.78 is 38.8. The van der Waals surface area contributed by atoms with Gasteiger partial charge in [-0.15, -0.1) is 0 Å². The number of phenols is 2. The Kier molecular flexibility index (Phi) is 9.33. The van der Waals surface area contributed by atoms with Crippen molar-refractivity contribution in [2.75, 3.05) is 7.11 Å². The van der Waals surface area contributed by atoms with E-state index in [4.69, 9.17) is 32.8 Å². The van der Waals surface area contributed by atoms with Crippen LogP contribution in [0.1, 0.15) is 20.8 Å². The molecular formula is C30H34O16. The summed E-state index contributed by atoms with van der Waals surface area (Å²) in [5.74, 6) is -2.65. The van der Waals surface area contributed by atoms with Gasteiger partial charge in [-0.25, -0.2) is 0 Å². The fourth-order valence-corrected chi connectivity index (χ4v) is 5.26. The molecule has 0 amide bonds. The molecule has 0 saturated carbocycles. The van der Waals surface area contributed by atoms with Gasteiger partial charge < -0.3 is 68.6 Å². The number of aliphatic hydroxyl groups excluding tert-OH is 5. The van der Waals surface area contributed by atoms with Gasteiger partial charge in [0, 0.05) is 24.6 Å². The van der Waals surface area contributed by atoms with Crippen molar-refractivity contribution in [3.63, 3.8) is 0 Å². The van der Waals surface area contributed by atoms with Crippen LogP contribution >= 0.6 is 0 Å². The molecule has 46 heavy (non-hydrogen) atoms. The van der Waals surface area contributed by atoms with Crippen molar-refractivity contribution in [2.45, 2.75) is 82.2 Å². The summed E-state index contributed by atoms with van der Waals surface area (Å²) >= 11 is 0. The van der Waals surface area contributed by atoms with Crippen LogP contribution in [0.3, 0.4) is 0 Å².